The minimum atomic E-state index is -0.986. The second-order valence-electron chi connectivity index (χ2n) is 5.29. The number of carbonyl (C=O) groups excluding carboxylic acids is 1. The summed E-state index contributed by atoms with van der Waals surface area (Å²) in [6.07, 6.45) is 1.38. The second-order valence-corrected chi connectivity index (χ2v) is 5.73. The molecule has 0 spiro atoms. The Bertz CT molecular complexity index is 960. The minimum Gasteiger partial charge on any atom is -0.478 e. The summed E-state index contributed by atoms with van der Waals surface area (Å²) < 4.78 is 5.61. The van der Waals surface area contributed by atoms with E-state index in [1.807, 2.05) is 0 Å². The number of carboxylic acids is 1. The second kappa shape index (κ2) is 7.67. The average Bonchev–Trinajstić information content (AvgIpc) is 3.11. The smallest absolute Gasteiger partial charge is 0.335 e. The van der Waals surface area contributed by atoms with E-state index >= 15 is 0 Å². The van der Waals surface area contributed by atoms with E-state index in [-0.39, 0.29) is 11.5 Å². The van der Waals surface area contributed by atoms with Crippen LogP contribution in [0.25, 0.3) is 11.3 Å². The number of hydrogen-bond acceptors (Lipinski definition) is 4. The van der Waals surface area contributed by atoms with E-state index in [0.717, 1.165) is 5.56 Å². The SMILES string of the molecule is O=C(O)c1ccc(-c2ccc(/C=N/NC(=O)c3ccc(Cl)cc3)o2)cc1. The molecule has 26 heavy (non-hydrogen) atoms. The Morgan fingerprint density at radius 3 is 2.27 bits per heavy atom. The molecule has 6 nitrogen and oxygen atoms in total. The van der Waals surface area contributed by atoms with Gasteiger partial charge in [0.2, 0.25) is 0 Å². The van der Waals surface area contributed by atoms with Crippen molar-refractivity contribution in [2.75, 3.05) is 0 Å². The normalized spacial score (nSPS) is 10.8. The summed E-state index contributed by atoms with van der Waals surface area (Å²) in [6.45, 7) is 0. The number of furan rings is 1. The first-order valence-corrected chi connectivity index (χ1v) is 7.93. The van der Waals surface area contributed by atoms with Gasteiger partial charge in [0.1, 0.15) is 11.5 Å². The Kier molecular flexibility index (Phi) is 5.15. The fraction of sp³-hybridized carbons (Fsp3) is 0. The van der Waals surface area contributed by atoms with E-state index in [2.05, 4.69) is 10.5 Å². The third-order valence-electron chi connectivity index (χ3n) is 3.51. The van der Waals surface area contributed by atoms with Crippen LogP contribution in [0.15, 0.2) is 70.2 Å². The number of amides is 1. The Morgan fingerprint density at radius 2 is 1.62 bits per heavy atom. The number of halogens is 1. The molecule has 3 rings (SSSR count). The zero-order valence-electron chi connectivity index (χ0n) is 13.3. The topological polar surface area (TPSA) is 91.9 Å². The fourth-order valence-electron chi connectivity index (χ4n) is 2.17. The summed E-state index contributed by atoms with van der Waals surface area (Å²) in [5.74, 6) is -0.347. The first kappa shape index (κ1) is 17.4. The van der Waals surface area contributed by atoms with Crippen LogP contribution in [0.4, 0.5) is 0 Å². The number of nitrogens with zero attached hydrogens (tertiary/aromatic N) is 1. The highest BCUT2D eigenvalue weighted by Gasteiger charge is 2.07. The van der Waals surface area contributed by atoms with Crippen LogP contribution in [0, 0.1) is 0 Å². The van der Waals surface area contributed by atoms with Crippen LogP contribution in [0.5, 0.6) is 0 Å². The summed E-state index contributed by atoms with van der Waals surface area (Å²) >= 11 is 5.77. The molecule has 0 aliphatic carbocycles. The van der Waals surface area contributed by atoms with Gasteiger partial charge in [0.05, 0.1) is 11.8 Å². The molecule has 2 aromatic carbocycles. The zero-order valence-corrected chi connectivity index (χ0v) is 14.1. The van der Waals surface area contributed by atoms with Crippen LogP contribution in [-0.2, 0) is 0 Å². The Morgan fingerprint density at radius 1 is 0.962 bits per heavy atom. The van der Waals surface area contributed by atoms with Gasteiger partial charge in [0, 0.05) is 16.1 Å². The first-order valence-electron chi connectivity index (χ1n) is 7.55. The summed E-state index contributed by atoms with van der Waals surface area (Å²) in [6, 6.07) is 16.2. The number of carbonyl (C=O) groups is 2. The van der Waals surface area contributed by atoms with Gasteiger partial charge in [-0.15, -0.1) is 0 Å². The maximum Gasteiger partial charge on any atom is 0.335 e. The first-order chi connectivity index (χ1) is 12.5. The number of benzene rings is 2. The van der Waals surface area contributed by atoms with Crippen molar-refractivity contribution in [1.29, 1.82) is 0 Å². The van der Waals surface area contributed by atoms with Gasteiger partial charge in [-0.3, -0.25) is 4.79 Å². The third kappa shape index (κ3) is 4.17. The highest BCUT2D eigenvalue weighted by Crippen LogP contribution is 2.22. The van der Waals surface area contributed by atoms with E-state index in [1.165, 1.54) is 18.3 Å². The zero-order chi connectivity index (χ0) is 18.5. The molecule has 7 heteroatoms. The molecule has 0 saturated carbocycles. The van der Waals surface area contributed by atoms with Crippen molar-refractivity contribution in [3.8, 4) is 11.3 Å². The number of rotatable bonds is 5. The molecule has 0 bridgehead atoms. The maximum atomic E-state index is 11.9. The predicted molar refractivity (Wildman–Crippen MR) is 97.6 cm³/mol. The lowest BCUT2D eigenvalue weighted by Crippen LogP contribution is -2.17. The van der Waals surface area contributed by atoms with Crippen LogP contribution < -0.4 is 5.43 Å². The molecule has 130 valence electrons. The summed E-state index contributed by atoms with van der Waals surface area (Å²) in [7, 11) is 0. The summed E-state index contributed by atoms with van der Waals surface area (Å²) in [5.41, 5.74) is 3.77. The third-order valence-corrected chi connectivity index (χ3v) is 3.76. The largest absolute Gasteiger partial charge is 0.478 e. The van der Waals surface area contributed by atoms with Crippen molar-refractivity contribution in [2.45, 2.75) is 0 Å². The predicted octanol–water partition coefficient (Wildman–Crippen LogP) is 4.06. The van der Waals surface area contributed by atoms with E-state index < -0.39 is 5.97 Å². The number of aromatic carboxylic acids is 1. The van der Waals surface area contributed by atoms with Gasteiger partial charge in [0.15, 0.2) is 0 Å². The molecule has 2 N–H and O–H groups in total. The molecule has 0 radical (unpaired) electrons. The van der Waals surface area contributed by atoms with Crippen molar-refractivity contribution in [1.82, 2.24) is 5.43 Å². The van der Waals surface area contributed by atoms with Gasteiger partial charge < -0.3 is 9.52 Å². The molecule has 0 aliphatic rings. The Labute approximate surface area is 153 Å². The van der Waals surface area contributed by atoms with E-state index in [9.17, 15) is 9.59 Å². The van der Waals surface area contributed by atoms with E-state index in [0.29, 0.717) is 22.1 Å². The molecular formula is C19H13ClN2O4. The molecule has 0 aliphatic heterocycles. The van der Waals surface area contributed by atoms with E-state index in [1.54, 1.807) is 48.5 Å². The monoisotopic (exact) mass is 368 g/mol. The van der Waals surface area contributed by atoms with E-state index in [4.69, 9.17) is 21.1 Å². The number of nitrogens with one attached hydrogen (secondary N) is 1. The van der Waals surface area contributed by atoms with Crippen LogP contribution >= 0.6 is 11.6 Å². The molecule has 1 amide bonds. The van der Waals surface area contributed by atoms with Crippen LogP contribution in [-0.4, -0.2) is 23.2 Å². The van der Waals surface area contributed by atoms with Crippen molar-refractivity contribution in [3.63, 3.8) is 0 Å². The number of hydrogen-bond donors (Lipinski definition) is 2. The van der Waals surface area contributed by atoms with Gasteiger partial charge in [-0.25, -0.2) is 10.2 Å². The molecular weight excluding hydrogens is 356 g/mol. The lowest BCUT2D eigenvalue weighted by atomic mass is 10.1. The lowest BCUT2D eigenvalue weighted by Gasteiger charge is -1.99. The Balaban J connectivity index is 1.64. The van der Waals surface area contributed by atoms with Gasteiger partial charge >= 0.3 is 5.97 Å². The fourth-order valence-corrected chi connectivity index (χ4v) is 2.30. The average molecular weight is 369 g/mol. The Hall–Kier alpha value is -3.38. The quantitative estimate of drug-likeness (QED) is 0.524. The molecule has 3 aromatic rings. The van der Waals surface area contributed by atoms with Crippen LogP contribution in [0.3, 0.4) is 0 Å². The van der Waals surface area contributed by atoms with Crippen LogP contribution in [0.1, 0.15) is 26.5 Å². The molecule has 1 heterocycles. The number of hydrazone groups is 1. The maximum absolute atomic E-state index is 11.9. The molecule has 1 aromatic heterocycles. The molecule has 0 atom stereocenters. The van der Waals surface area contributed by atoms with Gasteiger partial charge in [-0.1, -0.05) is 23.7 Å². The van der Waals surface area contributed by atoms with Gasteiger partial charge in [-0.05, 0) is 48.5 Å². The molecule has 0 fully saturated rings. The van der Waals surface area contributed by atoms with Gasteiger partial charge in [-0.2, -0.15) is 5.10 Å². The van der Waals surface area contributed by atoms with Crippen molar-refractivity contribution >= 4 is 29.7 Å². The number of carboxylic acid groups (broad SMARTS) is 1. The summed E-state index contributed by atoms with van der Waals surface area (Å²) in [4.78, 5) is 22.8. The lowest BCUT2D eigenvalue weighted by molar-refractivity contribution is 0.0696. The molecule has 0 unspecified atom stereocenters. The van der Waals surface area contributed by atoms with Crippen molar-refractivity contribution < 1.29 is 19.1 Å². The van der Waals surface area contributed by atoms with Crippen LogP contribution in [0.2, 0.25) is 5.02 Å². The molecule has 0 saturated heterocycles. The highest BCUT2D eigenvalue weighted by atomic mass is 35.5. The van der Waals surface area contributed by atoms with Crippen molar-refractivity contribution in [2.24, 2.45) is 5.10 Å². The van der Waals surface area contributed by atoms with Gasteiger partial charge in [0.25, 0.3) is 5.91 Å². The van der Waals surface area contributed by atoms with Crippen molar-refractivity contribution in [3.05, 3.63) is 82.6 Å². The minimum absolute atomic E-state index is 0.201. The highest BCUT2D eigenvalue weighted by molar-refractivity contribution is 6.30. The summed E-state index contributed by atoms with van der Waals surface area (Å²) in [5, 5.41) is 13.3. The standard InChI is InChI=1S/C19H13ClN2O4/c20-15-7-5-13(6-8-15)18(23)22-21-11-16-9-10-17(26-16)12-1-3-14(4-2-12)19(24)25/h1-11H,(H,22,23)(H,24,25)/b21-11+.